The first-order chi connectivity index (χ1) is 14.8. The van der Waals surface area contributed by atoms with Crippen molar-refractivity contribution in [2.45, 2.75) is 18.7 Å². The van der Waals surface area contributed by atoms with Crippen LogP contribution in [0.15, 0.2) is 46.4 Å². The van der Waals surface area contributed by atoms with Crippen molar-refractivity contribution in [2.75, 3.05) is 34.4 Å². The van der Waals surface area contributed by atoms with Crippen LogP contribution < -0.4 is 19.6 Å². The van der Waals surface area contributed by atoms with Crippen LogP contribution in [-0.2, 0) is 10.0 Å². The van der Waals surface area contributed by atoms with Gasteiger partial charge in [0.05, 0.1) is 32.4 Å². The van der Waals surface area contributed by atoms with Gasteiger partial charge in [-0.3, -0.25) is 4.79 Å². The van der Waals surface area contributed by atoms with E-state index in [0.717, 1.165) is 0 Å². The van der Waals surface area contributed by atoms with Gasteiger partial charge >= 0.3 is 0 Å². The van der Waals surface area contributed by atoms with Crippen LogP contribution in [0.5, 0.6) is 17.2 Å². The molecule has 0 saturated heterocycles. The molecular formula is C21H27N3O6S. The molecule has 31 heavy (non-hydrogen) atoms. The average Bonchev–Trinajstić information content (AvgIpc) is 2.78. The van der Waals surface area contributed by atoms with Crippen molar-refractivity contribution >= 4 is 22.1 Å². The standard InChI is InChI=1S/C21H27N3O6S/c1-6-24(7-2)31(26,27)17-10-8-9-16(13-17)21(25)23-22-14-15-11-18(28-3)20(30-5)19(12-15)29-4/h8-14H,6-7H2,1-5H3,(H,23,25)/b22-14+. The Morgan fingerprint density at radius 1 is 1.03 bits per heavy atom. The van der Waals surface area contributed by atoms with Crippen LogP contribution in [-0.4, -0.2) is 59.3 Å². The largest absolute Gasteiger partial charge is 0.493 e. The molecule has 0 unspecified atom stereocenters. The average molecular weight is 450 g/mol. The number of amides is 1. The van der Waals surface area contributed by atoms with Crippen LogP contribution in [0, 0.1) is 0 Å². The van der Waals surface area contributed by atoms with Gasteiger partial charge in [-0.25, -0.2) is 13.8 Å². The Bertz CT molecular complexity index is 1020. The topological polar surface area (TPSA) is 107 Å². The highest BCUT2D eigenvalue weighted by molar-refractivity contribution is 7.89. The fraction of sp³-hybridized carbons (Fsp3) is 0.333. The van der Waals surface area contributed by atoms with Gasteiger partial charge in [0, 0.05) is 24.2 Å². The van der Waals surface area contributed by atoms with E-state index in [2.05, 4.69) is 10.5 Å². The summed E-state index contributed by atoms with van der Waals surface area (Å²) in [6.07, 6.45) is 1.42. The zero-order valence-corrected chi connectivity index (χ0v) is 19.0. The summed E-state index contributed by atoms with van der Waals surface area (Å²) in [7, 11) is 0.834. The van der Waals surface area contributed by atoms with Gasteiger partial charge in [0.15, 0.2) is 11.5 Å². The molecule has 0 radical (unpaired) electrons. The van der Waals surface area contributed by atoms with Crippen molar-refractivity contribution in [3.8, 4) is 17.2 Å². The first-order valence-corrected chi connectivity index (χ1v) is 11.0. The minimum Gasteiger partial charge on any atom is -0.493 e. The number of sulfonamides is 1. The van der Waals surface area contributed by atoms with E-state index in [0.29, 0.717) is 35.9 Å². The summed E-state index contributed by atoms with van der Waals surface area (Å²) in [4.78, 5) is 12.5. The Balaban J connectivity index is 2.21. The first kappa shape index (κ1) is 24.2. The van der Waals surface area contributed by atoms with E-state index in [1.54, 1.807) is 26.0 Å². The van der Waals surface area contributed by atoms with Crippen LogP contribution in [0.1, 0.15) is 29.8 Å². The van der Waals surface area contributed by atoms with Crippen molar-refractivity contribution in [3.63, 3.8) is 0 Å². The molecule has 0 saturated carbocycles. The number of methoxy groups -OCH3 is 3. The van der Waals surface area contributed by atoms with Gasteiger partial charge in [-0.15, -0.1) is 0 Å². The number of nitrogens with zero attached hydrogens (tertiary/aromatic N) is 2. The number of hydrogen-bond acceptors (Lipinski definition) is 7. The number of ether oxygens (including phenoxy) is 3. The maximum atomic E-state index is 12.7. The minimum absolute atomic E-state index is 0.0532. The van der Waals surface area contributed by atoms with Crippen LogP contribution in [0.25, 0.3) is 0 Å². The molecule has 2 rings (SSSR count). The molecule has 2 aromatic carbocycles. The third kappa shape index (κ3) is 5.53. The molecule has 1 N–H and O–H groups in total. The molecule has 0 atom stereocenters. The van der Waals surface area contributed by atoms with E-state index < -0.39 is 15.9 Å². The van der Waals surface area contributed by atoms with E-state index >= 15 is 0 Å². The summed E-state index contributed by atoms with van der Waals surface area (Å²) in [5.41, 5.74) is 3.18. The number of hydrazone groups is 1. The van der Waals surface area contributed by atoms with E-state index in [4.69, 9.17) is 14.2 Å². The third-order valence-electron chi connectivity index (χ3n) is 4.51. The number of benzene rings is 2. The monoisotopic (exact) mass is 449 g/mol. The van der Waals surface area contributed by atoms with E-state index in [9.17, 15) is 13.2 Å². The number of rotatable bonds is 10. The molecule has 0 aliphatic rings. The summed E-state index contributed by atoms with van der Waals surface area (Å²) >= 11 is 0. The maximum absolute atomic E-state index is 12.7. The lowest BCUT2D eigenvalue weighted by Crippen LogP contribution is -2.30. The molecule has 0 spiro atoms. The van der Waals surface area contributed by atoms with Gasteiger partial charge < -0.3 is 14.2 Å². The SMILES string of the molecule is CCN(CC)S(=O)(=O)c1cccc(C(=O)N/N=C/c2cc(OC)c(OC)c(OC)c2)c1. The predicted molar refractivity (Wildman–Crippen MR) is 118 cm³/mol. The van der Waals surface area contributed by atoms with Crippen LogP contribution in [0.2, 0.25) is 0 Å². The highest BCUT2D eigenvalue weighted by Crippen LogP contribution is 2.37. The number of hydrogen-bond donors (Lipinski definition) is 1. The van der Waals surface area contributed by atoms with Crippen molar-refractivity contribution < 1.29 is 27.4 Å². The highest BCUT2D eigenvalue weighted by Gasteiger charge is 2.22. The minimum atomic E-state index is -3.67. The summed E-state index contributed by atoms with van der Waals surface area (Å²) in [6.45, 7) is 4.20. The molecular weight excluding hydrogens is 422 g/mol. The third-order valence-corrected chi connectivity index (χ3v) is 6.55. The summed E-state index contributed by atoms with van der Waals surface area (Å²) < 4.78 is 42.5. The smallest absolute Gasteiger partial charge is 0.271 e. The fourth-order valence-electron chi connectivity index (χ4n) is 2.92. The first-order valence-electron chi connectivity index (χ1n) is 9.55. The van der Waals surface area contributed by atoms with Gasteiger partial charge in [-0.1, -0.05) is 19.9 Å². The second-order valence-electron chi connectivity index (χ2n) is 6.27. The Kier molecular flexibility index (Phi) is 8.40. The molecule has 9 nitrogen and oxygen atoms in total. The van der Waals surface area contributed by atoms with Gasteiger partial charge in [0.25, 0.3) is 5.91 Å². The fourth-order valence-corrected chi connectivity index (χ4v) is 4.42. The molecule has 0 aliphatic carbocycles. The lowest BCUT2D eigenvalue weighted by atomic mass is 10.2. The van der Waals surface area contributed by atoms with Gasteiger partial charge in [-0.05, 0) is 30.3 Å². The quantitative estimate of drug-likeness (QED) is 0.441. The van der Waals surface area contributed by atoms with E-state index in [-0.39, 0.29) is 10.5 Å². The maximum Gasteiger partial charge on any atom is 0.271 e. The van der Waals surface area contributed by atoms with Crippen LogP contribution in [0.4, 0.5) is 0 Å². The second-order valence-corrected chi connectivity index (χ2v) is 8.21. The molecule has 0 fully saturated rings. The molecule has 10 heteroatoms. The van der Waals surface area contributed by atoms with Crippen molar-refractivity contribution in [1.29, 1.82) is 0 Å². The second kappa shape index (κ2) is 10.8. The number of carbonyl (C=O) groups is 1. The summed E-state index contributed by atoms with van der Waals surface area (Å²) in [5, 5.41) is 3.95. The van der Waals surface area contributed by atoms with Gasteiger partial charge in [0.2, 0.25) is 15.8 Å². The van der Waals surface area contributed by atoms with Crippen molar-refractivity contribution in [3.05, 3.63) is 47.5 Å². The summed E-state index contributed by atoms with van der Waals surface area (Å²) in [6, 6.07) is 9.18. The van der Waals surface area contributed by atoms with Gasteiger partial charge in [-0.2, -0.15) is 9.41 Å². The normalized spacial score (nSPS) is 11.5. The molecule has 2 aromatic rings. The molecule has 0 heterocycles. The van der Waals surface area contributed by atoms with Crippen LogP contribution >= 0.6 is 0 Å². The Hall–Kier alpha value is -3.11. The lowest BCUT2D eigenvalue weighted by molar-refractivity contribution is 0.0955. The zero-order valence-electron chi connectivity index (χ0n) is 18.2. The number of nitrogens with one attached hydrogen (secondary N) is 1. The zero-order chi connectivity index (χ0) is 23.0. The predicted octanol–water partition coefficient (Wildman–Crippen LogP) is 2.51. The Morgan fingerprint density at radius 2 is 1.65 bits per heavy atom. The van der Waals surface area contributed by atoms with Crippen LogP contribution in [0.3, 0.4) is 0 Å². The molecule has 168 valence electrons. The van der Waals surface area contributed by atoms with Gasteiger partial charge in [0.1, 0.15) is 0 Å². The van der Waals surface area contributed by atoms with E-state index in [1.807, 2.05) is 0 Å². The molecule has 0 aliphatic heterocycles. The Labute approximate surface area is 182 Å². The number of carbonyl (C=O) groups excluding carboxylic acids is 1. The highest BCUT2D eigenvalue weighted by atomic mass is 32.2. The van der Waals surface area contributed by atoms with Crippen molar-refractivity contribution in [1.82, 2.24) is 9.73 Å². The summed E-state index contributed by atoms with van der Waals surface area (Å²) in [5.74, 6) is 0.797. The molecule has 0 aromatic heterocycles. The Morgan fingerprint density at radius 3 is 2.16 bits per heavy atom. The van der Waals surface area contributed by atoms with E-state index in [1.165, 1.54) is 56.1 Å². The van der Waals surface area contributed by atoms with Crippen molar-refractivity contribution in [2.24, 2.45) is 5.10 Å². The lowest BCUT2D eigenvalue weighted by Gasteiger charge is -2.18. The molecule has 0 bridgehead atoms. The molecule has 1 amide bonds.